The molecule has 19 heavy (non-hydrogen) atoms. The molecule has 116 valence electrons. The number of rotatable bonds is 13. The van der Waals surface area contributed by atoms with Crippen LogP contribution in [0.15, 0.2) is 0 Å². The maximum Gasteiger partial charge on any atom is 0.0644 e. The number of hydrogen-bond donors (Lipinski definition) is 1. The van der Waals surface area contributed by atoms with Gasteiger partial charge in [0.2, 0.25) is 0 Å². The van der Waals surface area contributed by atoms with Crippen molar-refractivity contribution in [3.63, 3.8) is 0 Å². The lowest BCUT2D eigenvalue weighted by Gasteiger charge is -2.22. The van der Waals surface area contributed by atoms with Crippen molar-refractivity contribution >= 4 is 0 Å². The van der Waals surface area contributed by atoms with E-state index in [0.29, 0.717) is 0 Å². The van der Waals surface area contributed by atoms with Gasteiger partial charge in [-0.3, -0.25) is 0 Å². The second-order valence-corrected chi connectivity index (χ2v) is 6.34. The summed E-state index contributed by atoms with van der Waals surface area (Å²) in [5.41, 5.74) is -0.0535. The molecule has 0 bridgehead atoms. The van der Waals surface area contributed by atoms with Gasteiger partial charge < -0.3 is 14.8 Å². The molecule has 0 saturated carbocycles. The Hall–Kier alpha value is -0.120. The molecule has 0 aromatic carbocycles. The first-order chi connectivity index (χ1) is 8.98. The van der Waals surface area contributed by atoms with E-state index in [9.17, 15) is 0 Å². The molecule has 0 aromatic rings. The minimum Gasteiger partial charge on any atom is -0.381 e. The Balaban J connectivity index is 3.11. The highest BCUT2D eigenvalue weighted by molar-refractivity contribution is 4.66. The number of methoxy groups -OCH3 is 1. The summed E-state index contributed by atoms with van der Waals surface area (Å²) < 4.78 is 11.0. The molecular weight excluding hydrogens is 238 g/mol. The molecular formula is C16H35NO2. The van der Waals surface area contributed by atoms with Crippen molar-refractivity contribution in [1.29, 1.82) is 0 Å². The fourth-order valence-electron chi connectivity index (χ4n) is 1.72. The predicted octanol–water partition coefficient (Wildman–Crippen LogP) is 3.62. The molecule has 1 N–H and O–H groups in total. The molecule has 0 rings (SSSR count). The Bertz CT molecular complexity index is 193. The second-order valence-electron chi connectivity index (χ2n) is 6.34. The first-order valence-electron chi connectivity index (χ1n) is 7.81. The molecule has 0 aliphatic rings. The molecule has 0 atom stereocenters. The monoisotopic (exact) mass is 273 g/mol. The average molecular weight is 273 g/mol. The Morgan fingerprint density at radius 2 is 1.68 bits per heavy atom. The zero-order valence-electron chi connectivity index (χ0n) is 13.8. The van der Waals surface area contributed by atoms with E-state index in [0.717, 1.165) is 38.6 Å². The highest BCUT2D eigenvalue weighted by Gasteiger charge is 2.15. The molecule has 0 unspecified atom stereocenters. The number of ether oxygens (including phenoxy) is 2. The largest absolute Gasteiger partial charge is 0.381 e. The van der Waals surface area contributed by atoms with Crippen LogP contribution in [0.25, 0.3) is 0 Å². The summed E-state index contributed by atoms with van der Waals surface area (Å²) in [6.45, 7) is 12.7. The van der Waals surface area contributed by atoms with Gasteiger partial charge in [0.05, 0.1) is 5.60 Å². The van der Waals surface area contributed by atoms with Gasteiger partial charge in [0.1, 0.15) is 0 Å². The first-order valence-corrected chi connectivity index (χ1v) is 7.81. The minimum absolute atomic E-state index is 0.0535. The summed E-state index contributed by atoms with van der Waals surface area (Å²) in [6.07, 6.45) is 6.00. The van der Waals surface area contributed by atoms with Crippen LogP contribution in [0.1, 0.15) is 59.8 Å². The van der Waals surface area contributed by atoms with Crippen molar-refractivity contribution in [2.24, 2.45) is 5.92 Å². The van der Waals surface area contributed by atoms with Gasteiger partial charge in [-0.15, -0.1) is 0 Å². The third kappa shape index (κ3) is 14.1. The maximum atomic E-state index is 5.63. The van der Waals surface area contributed by atoms with E-state index in [1.54, 1.807) is 7.11 Å². The molecule has 0 fully saturated rings. The molecule has 0 heterocycles. The van der Waals surface area contributed by atoms with Gasteiger partial charge in [-0.25, -0.2) is 0 Å². The Kier molecular flexibility index (Phi) is 11.6. The van der Waals surface area contributed by atoms with Crippen molar-refractivity contribution in [3.05, 3.63) is 0 Å². The summed E-state index contributed by atoms with van der Waals surface area (Å²) in [7, 11) is 1.76. The van der Waals surface area contributed by atoms with E-state index < -0.39 is 0 Å². The second kappa shape index (κ2) is 11.7. The topological polar surface area (TPSA) is 30.5 Å². The average Bonchev–Trinajstić information content (AvgIpc) is 2.35. The van der Waals surface area contributed by atoms with Crippen LogP contribution in [-0.4, -0.2) is 39.0 Å². The van der Waals surface area contributed by atoms with Crippen molar-refractivity contribution in [3.8, 4) is 0 Å². The third-order valence-corrected chi connectivity index (χ3v) is 3.35. The van der Waals surface area contributed by atoms with E-state index in [-0.39, 0.29) is 5.60 Å². The van der Waals surface area contributed by atoms with Gasteiger partial charge >= 0.3 is 0 Å². The van der Waals surface area contributed by atoms with Crippen LogP contribution in [0.2, 0.25) is 0 Å². The smallest absolute Gasteiger partial charge is 0.0644 e. The number of nitrogens with one attached hydrogen (secondary N) is 1. The molecule has 0 aliphatic heterocycles. The quantitative estimate of drug-likeness (QED) is 0.520. The van der Waals surface area contributed by atoms with Crippen molar-refractivity contribution in [1.82, 2.24) is 5.32 Å². The zero-order chi connectivity index (χ0) is 14.6. The molecule has 0 aliphatic carbocycles. The summed E-state index contributed by atoms with van der Waals surface area (Å²) in [5, 5.41) is 3.47. The normalized spacial score (nSPS) is 12.3. The van der Waals surface area contributed by atoms with Crippen LogP contribution in [0.3, 0.4) is 0 Å². The molecule has 3 nitrogen and oxygen atoms in total. The predicted molar refractivity (Wildman–Crippen MR) is 82.7 cm³/mol. The summed E-state index contributed by atoms with van der Waals surface area (Å²) in [4.78, 5) is 0. The van der Waals surface area contributed by atoms with Crippen molar-refractivity contribution in [2.75, 3.05) is 33.4 Å². The maximum absolute atomic E-state index is 5.63. The summed E-state index contributed by atoms with van der Waals surface area (Å²) in [6, 6.07) is 0. The van der Waals surface area contributed by atoms with Gasteiger partial charge in [0, 0.05) is 20.3 Å². The number of hydrogen-bond acceptors (Lipinski definition) is 3. The standard InChI is InChI=1S/C16H35NO2/c1-15(2)14-17-11-8-6-7-9-12-19-13-10-16(3,4)18-5/h15,17H,6-14H2,1-5H3. The van der Waals surface area contributed by atoms with Gasteiger partial charge in [0.15, 0.2) is 0 Å². The van der Waals surface area contributed by atoms with Crippen molar-refractivity contribution < 1.29 is 9.47 Å². The molecule has 0 aromatic heterocycles. The van der Waals surface area contributed by atoms with Crippen molar-refractivity contribution in [2.45, 2.75) is 65.4 Å². The van der Waals surface area contributed by atoms with E-state index >= 15 is 0 Å². The van der Waals surface area contributed by atoms with Gasteiger partial charge in [-0.2, -0.15) is 0 Å². The van der Waals surface area contributed by atoms with Crippen LogP contribution in [0.4, 0.5) is 0 Å². The van der Waals surface area contributed by atoms with Crippen LogP contribution in [0, 0.1) is 5.92 Å². The Labute approximate surface area is 120 Å². The van der Waals surface area contributed by atoms with Gasteiger partial charge in [0.25, 0.3) is 0 Å². The number of unbranched alkanes of at least 4 members (excludes halogenated alkanes) is 3. The van der Waals surface area contributed by atoms with E-state index in [2.05, 4.69) is 33.0 Å². The van der Waals surface area contributed by atoms with Crippen LogP contribution < -0.4 is 5.32 Å². The zero-order valence-corrected chi connectivity index (χ0v) is 13.8. The fraction of sp³-hybridized carbons (Fsp3) is 1.00. The SMILES string of the molecule is COC(C)(C)CCOCCCCCCNCC(C)C. The summed E-state index contributed by atoms with van der Waals surface area (Å²) in [5.74, 6) is 0.754. The molecule has 0 radical (unpaired) electrons. The lowest BCUT2D eigenvalue weighted by Crippen LogP contribution is -2.24. The molecule has 0 amide bonds. The van der Waals surface area contributed by atoms with Crippen LogP contribution >= 0.6 is 0 Å². The lowest BCUT2D eigenvalue weighted by atomic mass is 10.1. The van der Waals surface area contributed by atoms with E-state index in [4.69, 9.17) is 9.47 Å². The third-order valence-electron chi connectivity index (χ3n) is 3.35. The molecule has 3 heteroatoms. The Morgan fingerprint density at radius 3 is 2.32 bits per heavy atom. The minimum atomic E-state index is -0.0535. The molecule has 0 saturated heterocycles. The van der Waals surface area contributed by atoms with Crippen LogP contribution in [0.5, 0.6) is 0 Å². The lowest BCUT2D eigenvalue weighted by molar-refractivity contribution is -0.0101. The van der Waals surface area contributed by atoms with Gasteiger partial charge in [-0.05, 0) is 52.1 Å². The Morgan fingerprint density at radius 1 is 1.00 bits per heavy atom. The van der Waals surface area contributed by atoms with Crippen LogP contribution in [-0.2, 0) is 9.47 Å². The summed E-state index contributed by atoms with van der Waals surface area (Å²) >= 11 is 0. The van der Waals surface area contributed by atoms with Gasteiger partial charge in [-0.1, -0.05) is 26.7 Å². The van der Waals surface area contributed by atoms with E-state index in [1.807, 2.05) is 0 Å². The van der Waals surface area contributed by atoms with E-state index in [1.165, 1.54) is 25.7 Å². The molecule has 0 spiro atoms. The first kappa shape index (κ1) is 18.9. The fourth-order valence-corrected chi connectivity index (χ4v) is 1.72. The highest BCUT2D eigenvalue weighted by atomic mass is 16.5. The highest BCUT2D eigenvalue weighted by Crippen LogP contribution is 2.12.